The van der Waals surface area contributed by atoms with Crippen molar-refractivity contribution in [2.75, 3.05) is 12.8 Å². The molecule has 5 nitrogen and oxygen atoms in total. The molecule has 0 saturated heterocycles. The molecule has 2 atom stereocenters. The van der Waals surface area contributed by atoms with Crippen molar-refractivity contribution >= 4 is 9.84 Å². The first kappa shape index (κ1) is 33.0. The fraction of sp³-hybridized carbons (Fsp3) is 0.226. The number of hydrogen-bond acceptors (Lipinski definition) is 5. The molecule has 4 aromatic rings. The summed E-state index contributed by atoms with van der Waals surface area (Å²) in [5, 5.41) is 12.5. The predicted octanol–water partition coefficient (Wildman–Crippen LogP) is 7.26. The molecular formula is C31H26F7NO4S. The first-order valence-electron chi connectivity index (χ1n) is 13.0. The van der Waals surface area contributed by atoms with Crippen molar-refractivity contribution in [3.05, 3.63) is 108 Å². The van der Waals surface area contributed by atoms with Crippen LogP contribution in [-0.4, -0.2) is 51.1 Å². The molecule has 4 rings (SSSR count). The van der Waals surface area contributed by atoms with Crippen LogP contribution in [0.2, 0.25) is 0 Å². The molecule has 0 aliphatic rings. The van der Waals surface area contributed by atoms with Gasteiger partial charge in [0.25, 0.3) is 0 Å². The Morgan fingerprint density at radius 1 is 0.795 bits per heavy atom. The van der Waals surface area contributed by atoms with Gasteiger partial charge in [0.15, 0.2) is 15.9 Å². The summed E-state index contributed by atoms with van der Waals surface area (Å²) < 4.78 is 120. The summed E-state index contributed by atoms with van der Waals surface area (Å²) in [6, 6.07) is 23.0. The Morgan fingerprint density at radius 2 is 1.43 bits per heavy atom. The van der Waals surface area contributed by atoms with Crippen LogP contribution in [0, 0.1) is 0 Å². The summed E-state index contributed by atoms with van der Waals surface area (Å²) in [7, 11) is -3.45. The number of hydrogen-bond donors (Lipinski definition) is 2. The van der Waals surface area contributed by atoms with E-state index in [4.69, 9.17) is 0 Å². The van der Waals surface area contributed by atoms with Crippen LogP contribution < -0.4 is 10.1 Å². The van der Waals surface area contributed by atoms with Gasteiger partial charge in [-0.3, -0.25) is 0 Å². The van der Waals surface area contributed by atoms with Crippen LogP contribution in [0.4, 0.5) is 30.7 Å². The summed E-state index contributed by atoms with van der Waals surface area (Å²) in [4.78, 5) is 0.101. The number of sulfone groups is 1. The van der Waals surface area contributed by atoms with Crippen LogP contribution in [0.3, 0.4) is 0 Å². The summed E-state index contributed by atoms with van der Waals surface area (Å²) in [6.07, 6.45) is -15.4. The highest BCUT2D eigenvalue weighted by Gasteiger charge is 2.44. The van der Waals surface area contributed by atoms with Crippen LogP contribution in [-0.2, 0) is 9.84 Å². The predicted molar refractivity (Wildman–Crippen MR) is 150 cm³/mol. The van der Waals surface area contributed by atoms with Gasteiger partial charge < -0.3 is 15.2 Å². The maximum Gasteiger partial charge on any atom is 0.461 e. The molecule has 0 heterocycles. The number of benzene rings is 4. The van der Waals surface area contributed by atoms with Crippen molar-refractivity contribution < 1.29 is 49.0 Å². The monoisotopic (exact) mass is 641 g/mol. The molecular weight excluding hydrogens is 615 g/mol. The third-order valence-corrected chi connectivity index (χ3v) is 7.78. The number of aliphatic hydroxyl groups is 1. The third-order valence-electron chi connectivity index (χ3n) is 6.65. The molecule has 0 aliphatic carbocycles. The normalized spacial score (nSPS) is 14.0. The summed E-state index contributed by atoms with van der Waals surface area (Å²) in [6.45, 7) is -0.903. The van der Waals surface area contributed by atoms with Gasteiger partial charge in [0.05, 0.1) is 10.9 Å². The molecule has 0 aromatic heterocycles. The van der Waals surface area contributed by atoms with E-state index in [0.29, 0.717) is 27.8 Å². The highest BCUT2D eigenvalue weighted by atomic mass is 32.2. The van der Waals surface area contributed by atoms with Crippen molar-refractivity contribution in [1.82, 2.24) is 5.32 Å². The minimum atomic E-state index is -4.91. The zero-order valence-corrected chi connectivity index (χ0v) is 23.7. The topological polar surface area (TPSA) is 75.6 Å². The molecule has 0 radical (unpaired) electrons. The van der Waals surface area contributed by atoms with E-state index in [1.165, 1.54) is 24.3 Å². The van der Waals surface area contributed by atoms with Crippen molar-refractivity contribution in [3.8, 4) is 28.0 Å². The Kier molecular flexibility index (Phi) is 9.71. The van der Waals surface area contributed by atoms with Crippen LogP contribution in [0.25, 0.3) is 22.3 Å². The van der Waals surface area contributed by atoms with Crippen molar-refractivity contribution in [2.24, 2.45) is 0 Å². The lowest BCUT2D eigenvalue weighted by Gasteiger charge is -2.25. The number of alkyl halides is 7. The maximum absolute atomic E-state index is 13.6. The van der Waals surface area contributed by atoms with Gasteiger partial charge in [-0.25, -0.2) is 8.42 Å². The lowest BCUT2D eigenvalue weighted by atomic mass is 9.89. The molecule has 4 aromatic carbocycles. The van der Waals surface area contributed by atoms with E-state index in [0.717, 1.165) is 18.4 Å². The van der Waals surface area contributed by atoms with Crippen LogP contribution >= 0.6 is 0 Å². The van der Waals surface area contributed by atoms with E-state index in [2.05, 4.69) is 10.1 Å². The first-order valence-corrected chi connectivity index (χ1v) is 14.9. The fourth-order valence-electron chi connectivity index (χ4n) is 4.49. The van der Waals surface area contributed by atoms with E-state index in [1.54, 1.807) is 60.7 Å². The minimum absolute atomic E-state index is 0.101. The van der Waals surface area contributed by atoms with E-state index >= 15 is 0 Å². The van der Waals surface area contributed by atoms with Crippen LogP contribution in [0.5, 0.6) is 5.75 Å². The Labute approximate surface area is 248 Å². The Bertz CT molecular complexity index is 1690. The van der Waals surface area contributed by atoms with E-state index in [9.17, 15) is 44.3 Å². The van der Waals surface area contributed by atoms with Crippen LogP contribution in [0.15, 0.2) is 102 Å². The third kappa shape index (κ3) is 7.96. The molecule has 2 unspecified atom stereocenters. The maximum atomic E-state index is 13.6. The largest absolute Gasteiger partial charge is 0.461 e. The lowest BCUT2D eigenvalue weighted by molar-refractivity contribution is -0.253. The van der Waals surface area contributed by atoms with E-state index in [-0.39, 0.29) is 10.5 Å². The van der Waals surface area contributed by atoms with Crippen molar-refractivity contribution in [3.63, 3.8) is 0 Å². The number of nitrogens with one attached hydrogen (secondary N) is 1. The standard InChI is InChI=1S/C31H26F7NO4S/c1-44(41,42)24-14-12-19(13-15-24)20-6-4-8-22(16-20)28(39-18-27(40)30(34,35)36)26-11-3-2-10-25(26)21-7-5-9-23(17-21)43-31(37,38)29(32)33/h2-17,27-29,39-40H,18H2,1H3. The Hall–Kier alpha value is -3.94. The molecule has 0 spiro atoms. The highest BCUT2D eigenvalue weighted by molar-refractivity contribution is 7.90. The average molecular weight is 642 g/mol. The fourth-order valence-corrected chi connectivity index (χ4v) is 5.12. The van der Waals surface area contributed by atoms with Gasteiger partial charge in [-0.1, -0.05) is 66.7 Å². The molecule has 0 bridgehead atoms. The van der Waals surface area contributed by atoms with Gasteiger partial charge in [-0.2, -0.15) is 30.7 Å². The lowest BCUT2D eigenvalue weighted by Crippen LogP contribution is -2.40. The molecule has 0 saturated carbocycles. The highest BCUT2D eigenvalue weighted by Crippen LogP contribution is 2.36. The Balaban J connectivity index is 1.78. The zero-order valence-electron chi connectivity index (χ0n) is 22.9. The van der Waals surface area contributed by atoms with Crippen molar-refractivity contribution in [2.45, 2.75) is 35.8 Å². The van der Waals surface area contributed by atoms with Gasteiger partial charge in [-0.05, 0) is 63.7 Å². The number of ether oxygens (including phenoxy) is 1. The molecule has 0 aliphatic heterocycles. The van der Waals surface area contributed by atoms with Gasteiger partial charge >= 0.3 is 18.7 Å². The Morgan fingerprint density at radius 3 is 2.07 bits per heavy atom. The number of halogens is 7. The molecule has 0 amide bonds. The number of rotatable bonds is 11. The van der Waals surface area contributed by atoms with Gasteiger partial charge in [0.2, 0.25) is 0 Å². The summed E-state index contributed by atoms with van der Waals surface area (Å²) >= 11 is 0. The van der Waals surface area contributed by atoms with Gasteiger partial charge in [0.1, 0.15) is 5.75 Å². The zero-order chi connectivity index (χ0) is 32.3. The molecule has 2 N–H and O–H groups in total. The van der Waals surface area contributed by atoms with Gasteiger partial charge in [0, 0.05) is 12.8 Å². The van der Waals surface area contributed by atoms with Crippen molar-refractivity contribution in [1.29, 1.82) is 0 Å². The first-order chi connectivity index (χ1) is 20.6. The van der Waals surface area contributed by atoms with Crippen LogP contribution in [0.1, 0.15) is 17.2 Å². The van der Waals surface area contributed by atoms with Gasteiger partial charge in [-0.15, -0.1) is 0 Å². The number of aliphatic hydroxyl groups excluding tert-OH is 1. The minimum Gasteiger partial charge on any atom is -0.428 e. The SMILES string of the molecule is CS(=O)(=O)c1ccc(-c2cccc(C(NCC(O)C(F)(F)F)c3ccccc3-c3cccc(OC(F)(F)C(F)F)c3)c2)cc1. The second-order valence-electron chi connectivity index (χ2n) is 9.90. The molecule has 234 valence electrons. The van der Waals surface area contributed by atoms with E-state index in [1.807, 2.05) is 0 Å². The summed E-state index contributed by atoms with van der Waals surface area (Å²) in [5.74, 6) is -0.556. The average Bonchev–Trinajstić information content (AvgIpc) is 2.96. The molecule has 13 heteroatoms. The second kappa shape index (κ2) is 13.0. The molecule has 0 fully saturated rings. The smallest absolute Gasteiger partial charge is 0.428 e. The quantitative estimate of drug-likeness (QED) is 0.169. The second-order valence-corrected chi connectivity index (χ2v) is 11.9. The summed E-state index contributed by atoms with van der Waals surface area (Å²) in [5.41, 5.74) is 2.66. The molecule has 44 heavy (non-hydrogen) atoms. The van der Waals surface area contributed by atoms with E-state index < -0.39 is 53.0 Å².